The molecule has 0 aliphatic rings. The van der Waals surface area contributed by atoms with Gasteiger partial charge >= 0.3 is 0 Å². The van der Waals surface area contributed by atoms with Crippen LogP contribution in [0.2, 0.25) is 0 Å². The zero-order valence-electron chi connectivity index (χ0n) is 14.0. The van der Waals surface area contributed by atoms with Crippen molar-refractivity contribution in [2.75, 3.05) is 6.54 Å². The topological polar surface area (TPSA) is 77.6 Å². The molecular formula is C17H20N6O. The SMILES string of the molecule is Cc1cn(CCNC(=O)c2ccc(-n3nc(C)cc3C)cc2)nn1. The number of hydrogen-bond acceptors (Lipinski definition) is 4. The van der Waals surface area contributed by atoms with E-state index >= 15 is 0 Å². The first-order valence-corrected chi connectivity index (χ1v) is 7.81. The molecule has 0 aliphatic heterocycles. The van der Waals surface area contributed by atoms with Crippen LogP contribution in [0.15, 0.2) is 36.5 Å². The molecule has 2 aromatic heterocycles. The van der Waals surface area contributed by atoms with Gasteiger partial charge in [-0.3, -0.25) is 9.48 Å². The number of rotatable bonds is 5. The smallest absolute Gasteiger partial charge is 0.251 e. The zero-order valence-corrected chi connectivity index (χ0v) is 14.0. The van der Waals surface area contributed by atoms with Crippen molar-refractivity contribution in [1.29, 1.82) is 0 Å². The molecule has 0 atom stereocenters. The third-order valence-corrected chi connectivity index (χ3v) is 3.66. The van der Waals surface area contributed by atoms with Crippen LogP contribution in [0.4, 0.5) is 0 Å². The number of amides is 1. The highest BCUT2D eigenvalue weighted by molar-refractivity contribution is 5.94. The monoisotopic (exact) mass is 324 g/mol. The van der Waals surface area contributed by atoms with Crippen molar-refractivity contribution in [2.45, 2.75) is 27.3 Å². The molecular weight excluding hydrogens is 304 g/mol. The Kier molecular flexibility index (Phi) is 4.41. The van der Waals surface area contributed by atoms with Gasteiger partial charge in [-0.2, -0.15) is 5.10 Å². The van der Waals surface area contributed by atoms with Gasteiger partial charge in [0.15, 0.2) is 0 Å². The Balaban J connectivity index is 1.60. The lowest BCUT2D eigenvalue weighted by Crippen LogP contribution is -2.27. The number of nitrogens with one attached hydrogen (secondary N) is 1. The standard InChI is InChI=1S/C17H20N6O/c1-12-10-14(3)23(20-12)16-6-4-15(5-7-16)17(24)18-8-9-22-11-13(2)19-21-22/h4-7,10-11H,8-9H2,1-3H3,(H,18,24). The number of nitrogens with zero attached hydrogens (tertiary/aromatic N) is 5. The summed E-state index contributed by atoms with van der Waals surface area (Å²) in [5, 5.41) is 15.2. The number of aryl methyl sites for hydroxylation is 3. The third kappa shape index (κ3) is 3.51. The second-order valence-electron chi connectivity index (χ2n) is 5.76. The maximum atomic E-state index is 12.2. The summed E-state index contributed by atoms with van der Waals surface area (Å²) in [6.07, 6.45) is 1.84. The summed E-state index contributed by atoms with van der Waals surface area (Å²) in [4.78, 5) is 12.2. The molecule has 24 heavy (non-hydrogen) atoms. The second-order valence-corrected chi connectivity index (χ2v) is 5.76. The summed E-state index contributed by atoms with van der Waals surface area (Å²) in [6.45, 7) is 6.94. The van der Waals surface area contributed by atoms with Gasteiger partial charge in [0.2, 0.25) is 0 Å². The fraction of sp³-hybridized carbons (Fsp3) is 0.294. The van der Waals surface area contributed by atoms with Gasteiger partial charge in [-0.05, 0) is 51.1 Å². The van der Waals surface area contributed by atoms with E-state index in [2.05, 4.69) is 20.7 Å². The highest BCUT2D eigenvalue weighted by atomic mass is 16.1. The molecule has 3 aromatic rings. The lowest BCUT2D eigenvalue weighted by Gasteiger charge is -2.07. The van der Waals surface area contributed by atoms with Crippen molar-refractivity contribution in [3.05, 3.63) is 59.2 Å². The van der Waals surface area contributed by atoms with Crippen LogP contribution in [0, 0.1) is 20.8 Å². The van der Waals surface area contributed by atoms with E-state index in [1.807, 2.05) is 49.8 Å². The maximum absolute atomic E-state index is 12.2. The average molecular weight is 324 g/mol. The quantitative estimate of drug-likeness (QED) is 0.776. The van der Waals surface area contributed by atoms with Crippen molar-refractivity contribution in [2.24, 2.45) is 0 Å². The van der Waals surface area contributed by atoms with E-state index in [-0.39, 0.29) is 5.91 Å². The van der Waals surface area contributed by atoms with Crippen LogP contribution in [0.3, 0.4) is 0 Å². The van der Waals surface area contributed by atoms with Crippen LogP contribution in [0.1, 0.15) is 27.4 Å². The molecule has 0 aliphatic carbocycles. The van der Waals surface area contributed by atoms with Gasteiger partial charge < -0.3 is 5.32 Å². The predicted octanol–water partition coefficient (Wildman–Crippen LogP) is 1.82. The average Bonchev–Trinajstić information content (AvgIpc) is 3.12. The summed E-state index contributed by atoms with van der Waals surface area (Å²) in [6, 6.07) is 9.43. The number of benzene rings is 1. The van der Waals surface area contributed by atoms with Gasteiger partial charge in [-0.15, -0.1) is 5.10 Å². The highest BCUT2D eigenvalue weighted by Crippen LogP contribution is 2.13. The second kappa shape index (κ2) is 6.66. The van der Waals surface area contributed by atoms with Crippen LogP contribution in [0.25, 0.3) is 5.69 Å². The Morgan fingerprint density at radius 1 is 1.12 bits per heavy atom. The van der Waals surface area contributed by atoms with E-state index in [0.717, 1.165) is 22.8 Å². The minimum absolute atomic E-state index is 0.105. The molecule has 1 aromatic carbocycles. The van der Waals surface area contributed by atoms with Crippen LogP contribution >= 0.6 is 0 Å². The molecule has 0 saturated heterocycles. The van der Waals surface area contributed by atoms with Crippen molar-refractivity contribution >= 4 is 5.91 Å². The summed E-state index contributed by atoms with van der Waals surface area (Å²) in [7, 11) is 0. The van der Waals surface area contributed by atoms with E-state index in [0.29, 0.717) is 18.7 Å². The third-order valence-electron chi connectivity index (χ3n) is 3.66. The molecule has 0 saturated carbocycles. The van der Waals surface area contributed by atoms with Crippen molar-refractivity contribution in [1.82, 2.24) is 30.1 Å². The van der Waals surface area contributed by atoms with Gasteiger partial charge in [-0.25, -0.2) is 4.68 Å². The summed E-state index contributed by atoms with van der Waals surface area (Å²) in [5.41, 5.74) is 4.46. The highest BCUT2D eigenvalue weighted by Gasteiger charge is 2.07. The van der Waals surface area contributed by atoms with Gasteiger partial charge in [0.05, 0.1) is 23.6 Å². The first kappa shape index (κ1) is 15.9. The molecule has 2 heterocycles. The molecule has 0 bridgehead atoms. The van der Waals surface area contributed by atoms with Crippen LogP contribution in [-0.2, 0) is 6.54 Å². The first-order chi connectivity index (χ1) is 11.5. The van der Waals surface area contributed by atoms with E-state index in [9.17, 15) is 4.79 Å². The van der Waals surface area contributed by atoms with E-state index < -0.39 is 0 Å². The fourth-order valence-electron chi connectivity index (χ4n) is 2.53. The summed E-state index contributed by atoms with van der Waals surface area (Å²) < 4.78 is 3.57. The Morgan fingerprint density at radius 2 is 1.88 bits per heavy atom. The molecule has 0 unspecified atom stereocenters. The maximum Gasteiger partial charge on any atom is 0.251 e. The normalized spacial score (nSPS) is 10.8. The van der Waals surface area contributed by atoms with Crippen molar-refractivity contribution in [3.8, 4) is 5.69 Å². The molecule has 0 spiro atoms. The molecule has 0 radical (unpaired) electrons. The minimum atomic E-state index is -0.105. The fourth-order valence-corrected chi connectivity index (χ4v) is 2.53. The lowest BCUT2D eigenvalue weighted by atomic mass is 10.2. The minimum Gasteiger partial charge on any atom is -0.350 e. The van der Waals surface area contributed by atoms with E-state index in [1.54, 1.807) is 16.8 Å². The Hall–Kier alpha value is -2.96. The predicted molar refractivity (Wildman–Crippen MR) is 90.1 cm³/mol. The molecule has 7 nitrogen and oxygen atoms in total. The largest absolute Gasteiger partial charge is 0.350 e. The zero-order chi connectivity index (χ0) is 17.1. The summed E-state index contributed by atoms with van der Waals surface area (Å²) in [5.74, 6) is -0.105. The van der Waals surface area contributed by atoms with Crippen LogP contribution < -0.4 is 5.32 Å². The van der Waals surface area contributed by atoms with Crippen LogP contribution in [-0.4, -0.2) is 37.2 Å². The lowest BCUT2D eigenvalue weighted by molar-refractivity contribution is 0.0952. The Labute approximate surface area is 140 Å². The molecule has 7 heteroatoms. The van der Waals surface area contributed by atoms with Gasteiger partial charge in [0, 0.05) is 24.0 Å². The van der Waals surface area contributed by atoms with Crippen molar-refractivity contribution < 1.29 is 4.79 Å². The van der Waals surface area contributed by atoms with Crippen LogP contribution in [0.5, 0.6) is 0 Å². The number of carbonyl (C=O) groups is 1. The van der Waals surface area contributed by atoms with Crippen molar-refractivity contribution in [3.63, 3.8) is 0 Å². The Bertz CT molecular complexity index is 846. The molecule has 124 valence electrons. The number of carbonyl (C=O) groups excluding carboxylic acids is 1. The molecule has 3 rings (SSSR count). The number of hydrogen-bond donors (Lipinski definition) is 1. The Morgan fingerprint density at radius 3 is 2.46 bits per heavy atom. The van der Waals surface area contributed by atoms with Gasteiger partial charge in [0.1, 0.15) is 0 Å². The first-order valence-electron chi connectivity index (χ1n) is 7.81. The molecule has 1 N–H and O–H groups in total. The van der Waals surface area contributed by atoms with E-state index in [4.69, 9.17) is 0 Å². The van der Waals surface area contributed by atoms with Gasteiger partial charge in [0.25, 0.3) is 5.91 Å². The number of aromatic nitrogens is 5. The molecule has 1 amide bonds. The van der Waals surface area contributed by atoms with E-state index in [1.165, 1.54) is 0 Å². The summed E-state index contributed by atoms with van der Waals surface area (Å²) >= 11 is 0. The van der Waals surface area contributed by atoms with Gasteiger partial charge in [-0.1, -0.05) is 5.21 Å². The molecule has 0 fully saturated rings.